The fourth-order valence-corrected chi connectivity index (χ4v) is 1.99. The predicted octanol–water partition coefficient (Wildman–Crippen LogP) is 0.787. The number of hydrogen-bond donors (Lipinski definition) is 3. The minimum Gasteiger partial charge on any atom is -0.381 e. The van der Waals surface area contributed by atoms with E-state index in [0.29, 0.717) is 30.5 Å². The summed E-state index contributed by atoms with van der Waals surface area (Å²) in [5.74, 6) is 5.80. The second kappa shape index (κ2) is 5.99. The van der Waals surface area contributed by atoms with E-state index in [1.807, 2.05) is 0 Å². The van der Waals surface area contributed by atoms with E-state index >= 15 is 0 Å². The van der Waals surface area contributed by atoms with E-state index < -0.39 is 0 Å². The Hall–Kier alpha value is -1.37. The summed E-state index contributed by atoms with van der Waals surface area (Å²) in [5.41, 5.74) is 2.80. The van der Waals surface area contributed by atoms with Gasteiger partial charge in [0.15, 0.2) is 0 Å². The number of anilines is 1. The highest BCUT2D eigenvalue weighted by Crippen LogP contribution is 2.14. The second-order valence-electron chi connectivity index (χ2n) is 4.15. The van der Waals surface area contributed by atoms with E-state index in [-0.39, 0.29) is 11.1 Å². The Morgan fingerprint density at radius 2 is 2.44 bits per heavy atom. The minimum absolute atomic E-state index is 0.192. The second-order valence-corrected chi connectivity index (χ2v) is 4.54. The van der Waals surface area contributed by atoms with Crippen molar-refractivity contribution >= 4 is 23.3 Å². The van der Waals surface area contributed by atoms with Gasteiger partial charge < -0.3 is 15.5 Å². The first-order valence-corrected chi connectivity index (χ1v) is 6.07. The molecule has 1 aliphatic rings. The van der Waals surface area contributed by atoms with Crippen LogP contribution in [-0.2, 0) is 4.74 Å². The van der Waals surface area contributed by atoms with Crippen LogP contribution in [0.4, 0.5) is 5.82 Å². The maximum absolute atomic E-state index is 11.9. The molecule has 4 N–H and O–H groups in total. The lowest BCUT2D eigenvalue weighted by molar-refractivity contribution is 0.0945. The summed E-state index contributed by atoms with van der Waals surface area (Å²) in [6.07, 6.45) is 0.979. The molecule has 1 aromatic rings. The van der Waals surface area contributed by atoms with E-state index in [1.54, 1.807) is 6.07 Å². The SMILES string of the molecule is NNc1cc(C(=O)NCC2CCOC2)cc(Cl)n1. The Morgan fingerprint density at radius 1 is 1.61 bits per heavy atom. The molecule has 2 rings (SSSR count). The van der Waals surface area contributed by atoms with E-state index in [9.17, 15) is 4.79 Å². The zero-order chi connectivity index (χ0) is 13.0. The van der Waals surface area contributed by atoms with Crippen molar-refractivity contribution in [1.82, 2.24) is 10.3 Å². The van der Waals surface area contributed by atoms with Gasteiger partial charge in [0.2, 0.25) is 0 Å². The molecule has 0 aromatic carbocycles. The molecule has 0 bridgehead atoms. The van der Waals surface area contributed by atoms with Crippen molar-refractivity contribution in [2.75, 3.05) is 25.2 Å². The zero-order valence-electron chi connectivity index (χ0n) is 9.78. The van der Waals surface area contributed by atoms with Crippen molar-refractivity contribution in [3.8, 4) is 0 Å². The molecule has 1 aliphatic heterocycles. The van der Waals surface area contributed by atoms with Crippen LogP contribution in [0.2, 0.25) is 5.15 Å². The maximum Gasteiger partial charge on any atom is 0.251 e. The van der Waals surface area contributed by atoms with Crippen molar-refractivity contribution in [2.24, 2.45) is 11.8 Å². The van der Waals surface area contributed by atoms with Crippen molar-refractivity contribution in [1.29, 1.82) is 0 Å². The molecule has 0 radical (unpaired) electrons. The van der Waals surface area contributed by atoms with Crippen LogP contribution >= 0.6 is 11.6 Å². The largest absolute Gasteiger partial charge is 0.381 e. The van der Waals surface area contributed by atoms with Crippen molar-refractivity contribution in [3.63, 3.8) is 0 Å². The number of rotatable bonds is 4. The van der Waals surface area contributed by atoms with Crippen LogP contribution in [0.25, 0.3) is 0 Å². The van der Waals surface area contributed by atoms with Crippen LogP contribution in [0.5, 0.6) is 0 Å². The number of aromatic nitrogens is 1. The fraction of sp³-hybridized carbons (Fsp3) is 0.455. The Morgan fingerprint density at radius 3 is 3.11 bits per heavy atom. The highest BCUT2D eigenvalue weighted by molar-refractivity contribution is 6.29. The molecule has 1 fully saturated rings. The molecule has 7 heteroatoms. The molecular formula is C11H15ClN4O2. The van der Waals surface area contributed by atoms with E-state index in [1.165, 1.54) is 6.07 Å². The number of carbonyl (C=O) groups is 1. The number of pyridine rings is 1. The average Bonchev–Trinajstić information content (AvgIpc) is 2.88. The molecule has 1 saturated heterocycles. The molecule has 0 spiro atoms. The molecule has 1 atom stereocenters. The van der Waals surface area contributed by atoms with Gasteiger partial charge in [-0.2, -0.15) is 0 Å². The zero-order valence-corrected chi connectivity index (χ0v) is 10.5. The predicted molar refractivity (Wildman–Crippen MR) is 68.3 cm³/mol. The highest BCUT2D eigenvalue weighted by atomic mass is 35.5. The molecule has 6 nitrogen and oxygen atoms in total. The van der Waals surface area contributed by atoms with Crippen LogP contribution in [-0.4, -0.2) is 30.6 Å². The smallest absolute Gasteiger partial charge is 0.251 e. The number of nitrogens with one attached hydrogen (secondary N) is 2. The molecule has 0 aliphatic carbocycles. The number of halogens is 1. The summed E-state index contributed by atoms with van der Waals surface area (Å²) < 4.78 is 5.24. The summed E-state index contributed by atoms with van der Waals surface area (Å²) in [6.45, 7) is 2.07. The van der Waals surface area contributed by atoms with Gasteiger partial charge in [0.1, 0.15) is 11.0 Å². The number of nitrogens with zero attached hydrogens (tertiary/aromatic N) is 1. The first kappa shape index (κ1) is 13.1. The number of amides is 1. The Kier molecular flexibility index (Phi) is 4.35. The number of nitrogens with two attached hydrogens (primary N) is 1. The number of carbonyl (C=O) groups excluding carboxylic acids is 1. The van der Waals surface area contributed by atoms with Crippen LogP contribution in [0.1, 0.15) is 16.8 Å². The third-order valence-corrected chi connectivity index (χ3v) is 2.97. The quantitative estimate of drug-likeness (QED) is 0.428. The molecule has 1 unspecified atom stereocenters. The summed E-state index contributed by atoms with van der Waals surface area (Å²) in [5, 5.41) is 3.07. The lowest BCUT2D eigenvalue weighted by atomic mass is 10.1. The number of hydrogen-bond acceptors (Lipinski definition) is 5. The van der Waals surface area contributed by atoms with Crippen molar-refractivity contribution in [2.45, 2.75) is 6.42 Å². The third kappa shape index (κ3) is 3.32. The van der Waals surface area contributed by atoms with Gasteiger partial charge in [0.25, 0.3) is 5.91 Å². The van der Waals surface area contributed by atoms with E-state index in [0.717, 1.165) is 13.0 Å². The van der Waals surface area contributed by atoms with Crippen LogP contribution < -0.4 is 16.6 Å². The summed E-state index contributed by atoms with van der Waals surface area (Å²) >= 11 is 5.79. The first-order valence-electron chi connectivity index (χ1n) is 5.69. The van der Waals surface area contributed by atoms with Gasteiger partial charge in [-0.1, -0.05) is 11.6 Å². The summed E-state index contributed by atoms with van der Waals surface area (Å²) in [4.78, 5) is 15.8. The van der Waals surface area contributed by atoms with Gasteiger partial charge in [-0.3, -0.25) is 4.79 Å². The van der Waals surface area contributed by atoms with Gasteiger partial charge in [-0.15, -0.1) is 0 Å². The Balaban J connectivity index is 1.97. The van der Waals surface area contributed by atoms with Gasteiger partial charge >= 0.3 is 0 Å². The molecule has 18 heavy (non-hydrogen) atoms. The van der Waals surface area contributed by atoms with Crippen LogP contribution in [0.3, 0.4) is 0 Å². The monoisotopic (exact) mass is 270 g/mol. The standard InChI is InChI=1S/C11H15ClN4O2/c12-9-3-8(4-10(15-9)16-13)11(17)14-5-7-1-2-18-6-7/h3-4,7H,1-2,5-6,13H2,(H,14,17)(H,15,16). The minimum atomic E-state index is -0.192. The molecular weight excluding hydrogens is 256 g/mol. The molecule has 1 aromatic heterocycles. The highest BCUT2D eigenvalue weighted by Gasteiger charge is 2.17. The number of hydrazine groups is 1. The summed E-state index contributed by atoms with van der Waals surface area (Å²) in [7, 11) is 0. The van der Waals surface area contributed by atoms with Crippen molar-refractivity contribution in [3.05, 3.63) is 22.8 Å². The number of ether oxygens (including phenoxy) is 1. The molecule has 1 amide bonds. The van der Waals surface area contributed by atoms with Gasteiger partial charge in [0, 0.05) is 24.6 Å². The summed E-state index contributed by atoms with van der Waals surface area (Å²) in [6, 6.07) is 3.05. The lowest BCUT2D eigenvalue weighted by Gasteiger charge is -2.10. The van der Waals surface area contributed by atoms with Crippen molar-refractivity contribution < 1.29 is 9.53 Å². The third-order valence-electron chi connectivity index (χ3n) is 2.78. The molecule has 2 heterocycles. The normalized spacial score (nSPS) is 18.7. The number of nitrogen functional groups attached to an aromatic ring is 1. The van der Waals surface area contributed by atoms with Crippen LogP contribution in [0.15, 0.2) is 12.1 Å². The topological polar surface area (TPSA) is 89.3 Å². The maximum atomic E-state index is 11.9. The Labute approximate surface area is 110 Å². The average molecular weight is 271 g/mol. The Bertz CT molecular complexity index is 435. The van der Waals surface area contributed by atoms with E-state index in [2.05, 4.69) is 15.7 Å². The van der Waals surface area contributed by atoms with Crippen LogP contribution in [0, 0.1) is 5.92 Å². The van der Waals surface area contributed by atoms with Gasteiger partial charge in [-0.05, 0) is 18.6 Å². The van der Waals surface area contributed by atoms with Gasteiger partial charge in [0.05, 0.1) is 6.61 Å². The fourth-order valence-electron chi connectivity index (χ4n) is 1.79. The lowest BCUT2D eigenvalue weighted by Crippen LogP contribution is -2.29. The first-order chi connectivity index (χ1) is 8.69. The molecule has 0 saturated carbocycles. The van der Waals surface area contributed by atoms with Gasteiger partial charge in [-0.25, -0.2) is 10.8 Å². The van der Waals surface area contributed by atoms with E-state index in [4.69, 9.17) is 22.2 Å². The molecule has 98 valence electrons.